The number of carbonyl (C=O) groups is 3. The molecule has 0 aliphatic heterocycles. The lowest BCUT2D eigenvalue weighted by Gasteiger charge is -2.15. The molecule has 1 aromatic rings. The number of hydrogen-bond acceptors (Lipinski definition) is 7. The Kier molecular flexibility index (Phi) is 26.5. The van der Waals surface area contributed by atoms with E-state index in [4.69, 9.17) is 32.5 Å². The van der Waals surface area contributed by atoms with E-state index in [0.717, 1.165) is 12.8 Å². The fourth-order valence-electron chi connectivity index (χ4n) is 4.48. The van der Waals surface area contributed by atoms with E-state index in [2.05, 4.69) is 22.0 Å². The van der Waals surface area contributed by atoms with Crippen LogP contribution in [-0.2, 0) is 20.6 Å². The second-order valence-electron chi connectivity index (χ2n) is 10.7. The molecule has 1 heterocycles. The van der Waals surface area contributed by atoms with Gasteiger partial charge in [-0.05, 0) is 18.9 Å². The summed E-state index contributed by atoms with van der Waals surface area (Å²) in [6.07, 6.45) is 21.5. The number of pyridine rings is 1. The van der Waals surface area contributed by atoms with Crippen molar-refractivity contribution in [2.75, 3.05) is 26.9 Å². The third-order valence-electron chi connectivity index (χ3n) is 7.07. The number of amides is 3. The number of primary amides is 2. The number of unbranched alkanes of at least 4 members (excludes halogenated alkanes) is 15. The summed E-state index contributed by atoms with van der Waals surface area (Å²) in [6.45, 7) is 4.74. The Balaban J connectivity index is 0.00000121. The summed E-state index contributed by atoms with van der Waals surface area (Å²) in [5, 5.41) is 3.08. The predicted octanol–water partition coefficient (Wildman–Crippen LogP) is 7.48. The Morgan fingerprint density at radius 3 is 1.72 bits per heavy atom. The van der Waals surface area contributed by atoms with E-state index < -0.39 is 24.2 Å². The maximum absolute atomic E-state index is 11.6. The molecular weight excluding hydrogens is 572 g/mol. The number of nitrogens with zero attached hydrogens (tertiary/aromatic N) is 1. The molecule has 1 atom stereocenters. The van der Waals surface area contributed by atoms with Gasteiger partial charge in [-0.3, -0.25) is 4.79 Å². The highest BCUT2D eigenvalue weighted by atomic mass is 35.5. The maximum atomic E-state index is 11.6. The Morgan fingerprint density at radius 2 is 1.30 bits per heavy atom. The van der Waals surface area contributed by atoms with Gasteiger partial charge in [0.05, 0.1) is 0 Å². The van der Waals surface area contributed by atoms with E-state index >= 15 is 0 Å². The Labute approximate surface area is 264 Å². The van der Waals surface area contributed by atoms with E-state index in [9.17, 15) is 14.4 Å². The van der Waals surface area contributed by atoms with Gasteiger partial charge >= 0.3 is 12.2 Å². The highest BCUT2D eigenvalue weighted by Gasteiger charge is 2.13. The molecule has 5 N–H and O–H groups in total. The number of aromatic nitrogens is 1. The first kappa shape index (κ1) is 40.4. The van der Waals surface area contributed by atoms with E-state index in [1.165, 1.54) is 103 Å². The molecule has 0 spiro atoms. The van der Waals surface area contributed by atoms with Crippen molar-refractivity contribution in [1.29, 1.82) is 0 Å². The van der Waals surface area contributed by atoms with Crippen molar-refractivity contribution in [3.05, 3.63) is 28.5 Å². The number of rotatable bonds is 24. The number of methoxy groups -OCH3 is 1. The molecule has 0 aromatic carbocycles. The fraction of sp³-hybridized carbons (Fsp3) is 0.750. The molecule has 0 fully saturated rings. The van der Waals surface area contributed by atoms with Gasteiger partial charge in [0.1, 0.15) is 24.5 Å². The van der Waals surface area contributed by atoms with Gasteiger partial charge in [-0.2, -0.15) is 0 Å². The third kappa shape index (κ3) is 23.5. The number of nitrogens with one attached hydrogen (secondary N) is 1. The van der Waals surface area contributed by atoms with Crippen LogP contribution in [0.4, 0.5) is 9.59 Å². The molecule has 10 nitrogen and oxygen atoms in total. The lowest BCUT2D eigenvalue weighted by atomic mass is 10.0. The van der Waals surface area contributed by atoms with Crippen LogP contribution in [0.15, 0.2) is 12.3 Å². The van der Waals surface area contributed by atoms with Crippen molar-refractivity contribution in [1.82, 2.24) is 10.3 Å². The molecule has 1 rings (SSSR count). The highest BCUT2D eigenvalue weighted by Crippen LogP contribution is 2.17. The molecule has 43 heavy (non-hydrogen) atoms. The number of alkyl carbamates (subject to hydrolysis) is 1. The van der Waals surface area contributed by atoms with E-state index in [1.54, 1.807) is 6.07 Å². The van der Waals surface area contributed by atoms with Crippen LogP contribution in [0, 0.1) is 0 Å². The van der Waals surface area contributed by atoms with Gasteiger partial charge in [0, 0.05) is 31.0 Å². The summed E-state index contributed by atoms with van der Waals surface area (Å²) in [6, 6.07) is 1.58. The fourth-order valence-corrected chi connectivity index (χ4v) is 4.77. The normalized spacial score (nSPS) is 11.3. The zero-order valence-electron chi connectivity index (χ0n) is 26.8. The molecule has 248 valence electrons. The molecular formula is C32H57ClN4O6. The van der Waals surface area contributed by atoms with Crippen LogP contribution < -0.4 is 16.8 Å². The molecule has 1 unspecified atom stereocenters. The second kappa shape index (κ2) is 28.2. The molecule has 0 radical (unpaired) electrons. The van der Waals surface area contributed by atoms with Crippen molar-refractivity contribution < 1.29 is 28.6 Å². The molecule has 0 bridgehead atoms. The minimum absolute atomic E-state index is 0.00850. The largest absolute Gasteiger partial charge is 0.447 e. The maximum Gasteiger partial charge on any atom is 0.407 e. The summed E-state index contributed by atoms with van der Waals surface area (Å²) in [7, 11) is 1.45. The standard InChI is InChI=1S/C24H48N2O5.C8H9ClN2O/c1-3-4-5-6-7-8-9-10-11-12-13-14-15-16-17-18-19-26-24(28)31-21-22(29-2)20-30-23(25)27;1-2-5-6(8(10)12)3-4-11-7(5)9/h22H,3-21H2,1-2H3,(H2,25,27)(H,26,28);3-4H,2H2,1H3,(H2,10,12). The number of ether oxygens (including phenoxy) is 3. The van der Waals surface area contributed by atoms with Crippen LogP contribution in [0.25, 0.3) is 0 Å². The van der Waals surface area contributed by atoms with Crippen LogP contribution in [0.1, 0.15) is 133 Å². The number of carbonyl (C=O) groups excluding carboxylic acids is 3. The quantitative estimate of drug-likeness (QED) is 0.0791. The monoisotopic (exact) mass is 628 g/mol. The zero-order valence-corrected chi connectivity index (χ0v) is 27.6. The highest BCUT2D eigenvalue weighted by molar-refractivity contribution is 6.30. The lowest BCUT2D eigenvalue weighted by molar-refractivity contribution is -0.00291. The minimum atomic E-state index is -0.880. The van der Waals surface area contributed by atoms with Gasteiger partial charge in [-0.15, -0.1) is 0 Å². The van der Waals surface area contributed by atoms with Gasteiger partial charge in [-0.1, -0.05) is 122 Å². The SMILES string of the molecule is CCCCCCCCCCCCCCCCCCNC(=O)OCC(COC(N)=O)OC.CCc1c(C(N)=O)ccnc1Cl. The van der Waals surface area contributed by atoms with Crippen LogP contribution in [0.5, 0.6) is 0 Å². The van der Waals surface area contributed by atoms with Crippen LogP contribution in [0.2, 0.25) is 5.15 Å². The summed E-state index contributed by atoms with van der Waals surface area (Å²) in [4.78, 5) is 36.9. The van der Waals surface area contributed by atoms with Crippen molar-refractivity contribution in [3.8, 4) is 0 Å². The molecule has 0 aliphatic rings. The Morgan fingerprint density at radius 1 is 0.814 bits per heavy atom. The van der Waals surface area contributed by atoms with Gasteiger partial charge in [-0.25, -0.2) is 14.6 Å². The molecule has 0 saturated heterocycles. The number of nitrogens with two attached hydrogens (primary N) is 2. The van der Waals surface area contributed by atoms with Crippen molar-refractivity contribution in [3.63, 3.8) is 0 Å². The minimum Gasteiger partial charge on any atom is -0.447 e. The Bertz CT molecular complexity index is 874. The van der Waals surface area contributed by atoms with Crippen LogP contribution in [0.3, 0.4) is 0 Å². The first-order valence-corrected chi connectivity index (χ1v) is 16.4. The van der Waals surface area contributed by atoms with Crippen molar-refractivity contribution in [2.45, 2.75) is 129 Å². The van der Waals surface area contributed by atoms with Crippen LogP contribution in [-0.4, -0.2) is 56.0 Å². The van der Waals surface area contributed by atoms with E-state index in [-0.39, 0.29) is 13.2 Å². The van der Waals surface area contributed by atoms with E-state index in [0.29, 0.717) is 29.2 Å². The molecule has 11 heteroatoms. The average molecular weight is 629 g/mol. The third-order valence-corrected chi connectivity index (χ3v) is 7.39. The first-order valence-electron chi connectivity index (χ1n) is 16.0. The molecule has 3 amide bonds. The number of hydrogen-bond donors (Lipinski definition) is 3. The smallest absolute Gasteiger partial charge is 0.407 e. The summed E-state index contributed by atoms with van der Waals surface area (Å²) >= 11 is 5.75. The summed E-state index contributed by atoms with van der Waals surface area (Å²) in [5.74, 6) is -0.462. The molecule has 0 saturated carbocycles. The van der Waals surface area contributed by atoms with E-state index in [1.807, 2.05) is 6.92 Å². The molecule has 1 aromatic heterocycles. The van der Waals surface area contributed by atoms with Crippen molar-refractivity contribution >= 4 is 29.7 Å². The zero-order chi connectivity index (χ0) is 32.1. The van der Waals surface area contributed by atoms with Gasteiger partial charge in [0.2, 0.25) is 5.91 Å². The van der Waals surface area contributed by atoms with Gasteiger partial charge in [0.15, 0.2) is 0 Å². The number of halogens is 1. The predicted molar refractivity (Wildman–Crippen MR) is 172 cm³/mol. The Hall–Kier alpha value is -2.59. The summed E-state index contributed by atoms with van der Waals surface area (Å²) in [5.41, 5.74) is 11.2. The van der Waals surface area contributed by atoms with Gasteiger partial charge < -0.3 is 31.0 Å². The second-order valence-corrected chi connectivity index (χ2v) is 11.0. The van der Waals surface area contributed by atoms with Crippen LogP contribution >= 0.6 is 11.6 Å². The van der Waals surface area contributed by atoms with Gasteiger partial charge in [0.25, 0.3) is 0 Å². The summed E-state index contributed by atoms with van der Waals surface area (Å²) < 4.78 is 14.7. The topological polar surface area (TPSA) is 156 Å². The average Bonchev–Trinajstić information content (AvgIpc) is 2.98. The molecule has 0 aliphatic carbocycles. The first-order chi connectivity index (χ1) is 20.8. The lowest BCUT2D eigenvalue weighted by Crippen LogP contribution is -2.32. The van der Waals surface area contributed by atoms with Crippen molar-refractivity contribution in [2.24, 2.45) is 11.5 Å².